The quantitative estimate of drug-likeness (QED) is 0.586. The summed E-state index contributed by atoms with van der Waals surface area (Å²) in [5.74, 6) is 1.30. The van der Waals surface area contributed by atoms with Gasteiger partial charge in [0.1, 0.15) is 11.3 Å². The van der Waals surface area contributed by atoms with Crippen LogP contribution in [0.5, 0.6) is 5.75 Å². The molecular formula is C25H30N6O3. The largest absolute Gasteiger partial charge is 0.497 e. The molecule has 1 amide bonds. The first kappa shape index (κ1) is 22.2. The Morgan fingerprint density at radius 2 is 1.79 bits per heavy atom. The monoisotopic (exact) mass is 462 g/mol. The zero-order valence-electron chi connectivity index (χ0n) is 19.7. The van der Waals surface area contributed by atoms with Crippen LogP contribution in [0.2, 0.25) is 0 Å². The zero-order valence-corrected chi connectivity index (χ0v) is 19.7. The van der Waals surface area contributed by atoms with Crippen LogP contribution in [0, 0.1) is 5.92 Å². The number of fused-ring (bicyclic) bond motifs is 1. The van der Waals surface area contributed by atoms with E-state index in [2.05, 4.69) is 27.0 Å². The van der Waals surface area contributed by atoms with Crippen molar-refractivity contribution in [1.29, 1.82) is 0 Å². The summed E-state index contributed by atoms with van der Waals surface area (Å²) in [4.78, 5) is 41.5. The molecule has 4 heterocycles. The van der Waals surface area contributed by atoms with Gasteiger partial charge in [0.05, 0.1) is 13.0 Å². The van der Waals surface area contributed by atoms with Gasteiger partial charge in [0.2, 0.25) is 5.91 Å². The predicted octanol–water partition coefficient (Wildman–Crippen LogP) is 1.90. The molecule has 0 unspecified atom stereocenters. The number of nitrogens with zero attached hydrogens (tertiary/aromatic N) is 6. The van der Waals surface area contributed by atoms with Gasteiger partial charge in [-0.05, 0) is 49.2 Å². The van der Waals surface area contributed by atoms with E-state index < -0.39 is 0 Å². The first-order valence-corrected chi connectivity index (χ1v) is 11.8. The number of piperazine rings is 1. The fraction of sp³-hybridized carbons (Fsp3) is 0.440. The number of carbonyl (C=O) groups excluding carboxylic acids is 1. The molecule has 2 aromatic heterocycles. The maximum atomic E-state index is 13.4. The molecule has 0 radical (unpaired) electrons. The molecule has 2 aliphatic heterocycles. The van der Waals surface area contributed by atoms with Gasteiger partial charge in [-0.15, -0.1) is 0 Å². The second-order valence-electron chi connectivity index (χ2n) is 8.94. The van der Waals surface area contributed by atoms with Crippen molar-refractivity contribution in [3.05, 3.63) is 52.9 Å². The first-order valence-electron chi connectivity index (χ1n) is 11.8. The van der Waals surface area contributed by atoms with Gasteiger partial charge in [-0.1, -0.05) is 0 Å². The summed E-state index contributed by atoms with van der Waals surface area (Å²) >= 11 is 0. The lowest BCUT2D eigenvalue weighted by Crippen LogP contribution is -2.53. The minimum Gasteiger partial charge on any atom is -0.497 e. The number of pyridine rings is 1. The van der Waals surface area contributed by atoms with E-state index in [0.29, 0.717) is 36.6 Å². The molecule has 178 valence electrons. The molecule has 0 N–H and O–H groups in total. The fourth-order valence-electron chi connectivity index (χ4n) is 4.96. The summed E-state index contributed by atoms with van der Waals surface area (Å²) in [5.41, 5.74) is 2.22. The lowest BCUT2D eigenvalue weighted by Gasteiger charge is -2.40. The van der Waals surface area contributed by atoms with Crippen molar-refractivity contribution in [3.8, 4) is 5.75 Å². The van der Waals surface area contributed by atoms with Gasteiger partial charge < -0.3 is 19.4 Å². The predicted molar refractivity (Wildman–Crippen MR) is 132 cm³/mol. The van der Waals surface area contributed by atoms with E-state index >= 15 is 0 Å². The lowest BCUT2D eigenvalue weighted by atomic mass is 9.96. The number of anilines is 2. The smallest absolute Gasteiger partial charge is 0.294 e. The molecular weight excluding hydrogens is 432 g/mol. The van der Waals surface area contributed by atoms with Gasteiger partial charge >= 0.3 is 0 Å². The standard InChI is InChI=1S/C25H30N6O3/c1-28-22-21(6-3-11-26-22)27-23(25(28)33)31-12-4-5-18(17-31)24(32)30-15-13-29(14-16-30)19-7-9-20(34-2)10-8-19/h3,6-11,18H,4-5,12-17H2,1-2H3/t18-/m0/s1. The summed E-state index contributed by atoms with van der Waals surface area (Å²) < 4.78 is 6.79. The van der Waals surface area contributed by atoms with Gasteiger partial charge in [0.15, 0.2) is 11.5 Å². The van der Waals surface area contributed by atoms with E-state index in [-0.39, 0.29) is 17.4 Å². The van der Waals surface area contributed by atoms with E-state index in [1.807, 2.05) is 34.1 Å². The Labute approximate surface area is 198 Å². The van der Waals surface area contributed by atoms with Crippen LogP contribution < -0.4 is 20.1 Å². The maximum absolute atomic E-state index is 13.4. The van der Waals surface area contributed by atoms with E-state index in [0.717, 1.165) is 43.9 Å². The van der Waals surface area contributed by atoms with Crippen LogP contribution in [0.4, 0.5) is 11.5 Å². The van der Waals surface area contributed by atoms with Crippen LogP contribution in [0.25, 0.3) is 11.2 Å². The Morgan fingerprint density at radius 3 is 2.53 bits per heavy atom. The normalized spacial score (nSPS) is 18.9. The van der Waals surface area contributed by atoms with Gasteiger partial charge in [-0.25, -0.2) is 9.97 Å². The van der Waals surface area contributed by atoms with Crippen LogP contribution in [0.1, 0.15) is 12.8 Å². The third kappa shape index (κ3) is 4.18. The minimum absolute atomic E-state index is 0.127. The summed E-state index contributed by atoms with van der Waals surface area (Å²) in [5, 5.41) is 0. The lowest BCUT2D eigenvalue weighted by molar-refractivity contribution is -0.136. The second kappa shape index (κ2) is 9.32. The second-order valence-corrected chi connectivity index (χ2v) is 8.94. The number of benzene rings is 1. The number of ether oxygens (including phenoxy) is 1. The molecule has 0 saturated carbocycles. The Kier molecular flexibility index (Phi) is 6.08. The molecule has 9 heteroatoms. The molecule has 1 aromatic carbocycles. The van der Waals surface area contributed by atoms with Crippen molar-refractivity contribution in [3.63, 3.8) is 0 Å². The highest BCUT2D eigenvalue weighted by molar-refractivity contribution is 5.80. The van der Waals surface area contributed by atoms with E-state index in [4.69, 9.17) is 4.74 Å². The highest BCUT2D eigenvalue weighted by Gasteiger charge is 2.32. The third-order valence-electron chi connectivity index (χ3n) is 6.91. The molecule has 2 aliphatic rings. The Balaban J connectivity index is 1.25. The number of aryl methyl sites for hydroxylation is 1. The van der Waals surface area contributed by atoms with Crippen LogP contribution >= 0.6 is 0 Å². The first-order chi connectivity index (χ1) is 16.5. The van der Waals surface area contributed by atoms with Crippen molar-refractivity contribution in [2.75, 3.05) is 56.2 Å². The molecule has 5 rings (SSSR count). The van der Waals surface area contributed by atoms with Crippen molar-refractivity contribution >= 4 is 28.6 Å². The number of methoxy groups -OCH3 is 1. The Morgan fingerprint density at radius 1 is 1.03 bits per heavy atom. The number of hydrogen-bond donors (Lipinski definition) is 0. The topological polar surface area (TPSA) is 83.8 Å². The summed E-state index contributed by atoms with van der Waals surface area (Å²) in [6, 6.07) is 11.7. The SMILES string of the molecule is COc1ccc(N2CCN(C(=O)[C@H]3CCCN(c4nc5cccnc5n(C)c4=O)C3)CC2)cc1. The van der Waals surface area contributed by atoms with Gasteiger partial charge in [0.25, 0.3) is 5.56 Å². The summed E-state index contributed by atoms with van der Waals surface area (Å²) in [6.45, 7) is 4.24. The number of piperidine rings is 1. The van der Waals surface area contributed by atoms with Gasteiger partial charge in [-0.2, -0.15) is 0 Å². The average Bonchev–Trinajstić information content (AvgIpc) is 2.90. The van der Waals surface area contributed by atoms with Crippen LogP contribution in [-0.4, -0.2) is 71.7 Å². The average molecular weight is 463 g/mol. The molecule has 0 bridgehead atoms. The molecule has 0 aliphatic carbocycles. The molecule has 1 atom stereocenters. The van der Waals surface area contributed by atoms with Crippen molar-refractivity contribution in [2.24, 2.45) is 13.0 Å². The summed E-state index contributed by atoms with van der Waals surface area (Å²) in [6.07, 6.45) is 3.36. The van der Waals surface area contributed by atoms with E-state index in [1.54, 1.807) is 24.9 Å². The summed E-state index contributed by atoms with van der Waals surface area (Å²) in [7, 11) is 3.38. The highest BCUT2D eigenvalue weighted by atomic mass is 16.5. The molecule has 3 aromatic rings. The number of aromatic nitrogens is 3. The van der Waals surface area contributed by atoms with E-state index in [1.165, 1.54) is 0 Å². The van der Waals surface area contributed by atoms with Crippen molar-refractivity contribution < 1.29 is 9.53 Å². The number of amides is 1. The van der Waals surface area contributed by atoms with Gasteiger partial charge in [-0.3, -0.25) is 14.2 Å². The highest BCUT2D eigenvalue weighted by Crippen LogP contribution is 2.25. The van der Waals surface area contributed by atoms with E-state index in [9.17, 15) is 9.59 Å². The third-order valence-corrected chi connectivity index (χ3v) is 6.91. The van der Waals surface area contributed by atoms with Crippen LogP contribution in [0.3, 0.4) is 0 Å². The number of carbonyl (C=O) groups is 1. The zero-order chi connectivity index (χ0) is 23.7. The van der Waals surface area contributed by atoms with Crippen molar-refractivity contribution in [2.45, 2.75) is 12.8 Å². The Bertz CT molecular complexity index is 1230. The van der Waals surface area contributed by atoms with Crippen LogP contribution in [-0.2, 0) is 11.8 Å². The fourth-order valence-corrected chi connectivity index (χ4v) is 4.96. The van der Waals surface area contributed by atoms with Gasteiger partial charge in [0, 0.05) is 58.2 Å². The minimum atomic E-state index is -0.174. The van der Waals surface area contributed by atoms with Crippen molar-refractivity contribution in [1.82, 2.24) is 19.4 Å². The Hall–Kier alpha value is -3.62. The molecule has 34 heavy (non-hydrogen) atoms. The molecule has 2 saturated heterocycles. The molecule has 2 fully saturated rings. The molecule has 0 spiro atoms. The molecule has 9 nitrogen and oxygen atoms in total. The maximum Gasteiger partial charge on any atom is 0.294 e. The number of rotatable bonds is 4. The van der Waals surface area contributed by atoms with Crippen LogP contribution in [0.15, 0.2) is 47.4 Å². The number of hydrogen-bond acceptors (Lipinski definition) is 7.